The lowest BCUT2D eigenvalue weighted by molar-refractivity contribution is 0.109. The summed E-state index contributed by atoms with van der Waals surface area (Å²) in [7, 11) is 0. The zero-order valence-electron chi connectivity index (χ0n) is 11.4. The number of hydrogen-bond donors (Lipinski definition) is 1. The van der Waals surface area contributed by atoms with Crippen LogP contribution in [0.25, 0.3) is 10.8 Å². The summed E-state index contributed by atoms with van der Waals surface area (Å²) in [4.78, 5) is 0. The van der Waals surface area contributed by atoms with Crippen molar-refractivity contribution in [2.24, 2.45) is 0 Å². The summed E-state index contributed by atoms with van der Waals surface area (Å²) in [6.07, 6.45) is 0. The Morgan fingerprint density at radius 2 is 1.78 bits per heavy atom. The summed E-state index contributed by atoms with van der Waals surface area (Å²) < 4.78 is 6.05. The number of nitrogens with one attached hydrogen (secondary N) is 1. The number of fused-ring (bicyclic) bond motifs is 1. The first kappa shape index (κ1) is 12.9. The van der Waals surface area contributed by atoms with Crippen LogP contribution in [0.4, 0.5) is 0 Å². The minimum absolute atomic E-state index is 0.196. The van der Waals surface area contributed by atoms with Gasteiger partial charge < -0.3 is 10.1 Å². The largest absolute Gasteiger partial charge is 0.487 e. The molecule has 0 spiro atoms. The van der Waals surface area contributed by atoms with Gasteiger partial charge in [0.25, 0.3) is 0 Å². The van der Waals surface area contributed by atoms with E-state index in [1.807, 2.05) is 6.07 Å². The van der Waals surface area contributed by atoms with Gasteiger partial charge >= 0.3 is 0 Å². The van der Waals surface area contributed by atoms with E-state index in [4.69, 9.17) is 4.74 Å². The van der Waals surface area contributed by atoms with Crippen molar-refractivity contribution < 1.29 is 4.74 Å². The normalized spacial score (nSPS) is 11.7. The highest BCUT2D eigenvalue weighted by molar-refractivity contribution is 5.83. The monoisotopic (exact) mass is 243 g/mol. The highest BCUT2D eigenvalue weighted by Crippen LogP contribution is 2.23. The van der Waals surface area contributed by atoms with Crippen molar-refractivity contribution in [3.63, 3.8) is 0 Å². The van der Waals surface area contributed by atoms with Gasteiger partial charge in [0.05, 0.1) is 0 Å². The molecule has 0 fully saturated rings. The molecule has 0 aliphatic heterocycles. The molecule has 0 atom stereocenters. The van der Waals surface area contributed by atoms with E-state index in [0.717, 1.165) is 18.8 Å². The molecule has 0 aliphatic rings. The Hall–Kier alpha value is -1.54. The van der Waals surface area contributed by atoms with Crippen LogP contribution in [0.2, 0.25) is 0 Å². The van der Waals surface area contributed by atoms with Gasteiger partial charge in [0.15, 0.2) is 0 Å². The second-order valence-corrected chi connectivity index (χ2v) is 5.15. The molecular weight excluding hydrogens is 222 g/mol. The smallest absolute Gasteiger partial charge is 0.120 e. The topological polar surface area (TPSA) is 21.3 Å². The van der Waals surface area contributed by atoms with Gasteiger partial charge in [-0.2, -0.15) is 0 Å². The van der Waals surface area contributed by atoms with Crippen molar-refractivity contribution >= 4 is 10.8 Å². The van der Waals surface area contributed by atoms with Gasteiger partial charge in [-0.25, -0.2) is 0 Å². The summed E-state index contributed by atoms with van der Waals surface area (Å²) in [5, 5.41) is 5.78. The van der Waals surface area contributed by atoms with E-state index >= 15 is 0 Å². The van der Waals surface area contributed by atoms with Crippen molar-refractivity contribution in [1.82, 2.24) is 5.32 Å². The molecule has 2 rings (SSSR count). The molecule has 0 bridgehead atoms. The summed E-state index contributed by atoms with van der Waals surface area (Å²) in [5.41, 5.74) is -0.196. The molecule has 0 aromatic heterocycles. The average Bonchev–Trinajstić information content (AvgIpc) is 2.36. The van der Waals surface area contributed by atoms with Crippen LogP contribution in [-0.2, 0) is 0 Å². The fourth-order valence-electron chi connectivity index (χ4n) is 2.01. The Balaban J connectivity index is 2.16. The van der Waals surface area contributed by atoms with Crippen LogP contribution < -0.4 is 10.1 Å². The van der Waals surface area contributed by atoms with Crippen LogP contribution in [0.1, 0.15) is 20.8 Å². The quantitative estimate of drug-likeness (QED) is 0.866. The lowest BCUT2D eigenvalue weighted by Crippen LogP contribution is -2.40. The van der Waals surface area contributed by atoms with Crippen LogP contribution in [0, 0.1) is 0 Å². The highest BCUT2D eigenvalue weighted by atomic mass is 16.5. The Morgan fingerprint density at radius 1 is 1.06 bits per heavy atom. The Kier molecular flexibility index (Phi) is 3.87. The van der Waals surface area contributed by atoms with Crippen LogP contribution in [0.5, 0.6) is 5.75 Å². The first-order valence-corrected chi connectivity index (χ1v) is 6.49. The van der Waals surface area contributed by atoms with Gasteiger partial charge in [0.1, 0.15) is 11.4 Å². The number of hydrogen-bond acceptors (Lipinski definition) is 2. The molecule has 0 heterocycles. The van der Waals surface area contributed by atoms with Gasteiger partial charge in [0, 0.05) is 6.54 Å². The Labute approximate surface area is 109 Å². The molecule has 2 aromatic carbocycles. The SMILES string of the molecule is CCNCC(C)(C)Oc1ccc2ccccc2c1. The van der Waals surface area contributed by atoms with Crippen LogP contribution >= 0.6 is 0 Å². The molecular formula is C16H21NO. The molecule has 0 unspecified atom stereocenters. The lowest BCUT2D eigenvalue weighted by Gasteiger charge is -2.26. The lowest BCUT2D eigenvalue weighted by atomic mass is 10.1. The molecule has 0 saturated carbocycles. The Morgan fingerprint density at radius 3 is 2.50 bits per heavy atom. The average molecular weight is 243 g/mol. The second-order valence-electron chi connectivity index (χ2n) is 5.15. The Bertz CT molecular complexity index is 519. The molecule has 0 saturated heterocycles. The zero-order chi connectivity index (χ0) is 13.0. The zero-order valence-corrected chi connectivity index (χ0v) is 11.4. The van der Waals surface area contributed by atoms with E-state index in [9.17, 15) is 0 Å². The second kappa shape index (κ2) is 5.40. The molecule has 2 heteroatoms. The van der Waals surface area contributed by atoms with Gasteiger partial charge in [-0.15, -0.1) is 0 Å². The van der Waals surface area contributed by atoms with Crippen molar-refractivity contribution in [1.29, 1.82) is 0 Å². The van der Waals surface area contributed by atoms with E-state index in [1.165, 1.54) is 10.8 Å². The number of likely N-dealkylation sites (N-methyl/N-ethyl adjacent to an activating group) is 1. The molecule has 18 heavy (non-hydrogen) atoms. The molecule has 2 aromatic rings. The molecule has 96 valence electrons. The summed E-state index contributed by atoms with van der Waals surface area (Å²) in [5.74, 6) is 0.927. The summed E-state index contributed by atoms with van der Waals surface area (Å²) in [6.45, 7) is 8.11. The first-order chi connectivity index (χ1) is 8.61. The van der Waals surface area contributed by atoms with E-state index in [0.29, 0.717) is 0 Å². The number of benzene rings is 2. The van der Waals surface area contributed by atoms with Crippen LogP contribution in [0.3, 0.4) is 0 Å². The first-order valence-electron chi connectivity index (χ1n) is 6.49. The minimum Gasteiger partial charge on any atom is -0.487 e. The predicted octanol–water partition coefficient (Wildman–Crippen LogP) is 3.61. The van der Waals surface area contributed by atoms with E-state index in [1.54, 1.807) is 0 Å². The molecule has 0 amide bonds. The maximum absolute atomic E-state index is 6.05. The van der Waals surface area contributed by atoms with Crippen LogP contribution in [0.15, 0.2) is 42.5 Å². The minimum atomic E-state index is -0.196. The molecule has 1 N–H and O–H groups in total. The van der Waals surface area contributed by atoms with Gasteiger partial charge in [-0.3, -0.25) is 0 Å². The fraction of sp³-hybridized carbons (Fsp3) is 0.375. The maximum Gasteiger partial charge on any atom is 0.120 e. The van der Waals surface area contributed by atoms with Gasteiger partial charge in [0.2, 0.25) is 0 Å². The van der Waals surface area contributed by atoms with Crippen molar-refractivity contribution in [3.8, 4) is 5.75 Å². The fourth-order valence-corrected chi connectivity index (χ4v) is 2.01. The molecule has 0 radical (unpaired) electrons. The third-order valence-corrected chi connectivity index (χ3v) is 2.92. The van der Waals surface area contributed by atoms with E-state index in [2.05, 4.69) is 62.5 Å². The summed E-state index contributed by atoms with van der Waals surface area (Å²) in [6, 6.07) is 14.6. The highest BCUT2D eigenvalue weighted by Gasteiger charge is 2.18. The van der Waals surface area contributed by atoms with Crippen LogP contribution in [-0.4, -0.2) is 18.7 Å². The summed E-state index contributed by atoms with van der Waals surface area (Å²) >= 11 is 0. The van der Waals surface area contributed by atoms with E-state index in [-0.39, 0.29) is 5.60 Å². The van der Waals surface area contributed by atoms with Crippen molar-refractivity contribution in [2.75, 3.05) is 13.1 Å². The third-order valence-electron chi connectivity index (χ3n) is 2.92. The predicted molar refractivity (Wildman–Crippen MR) is 77.2 cm³/mol. The third kappa shape index (κ3) is 3.23. The van der Waals surface area contributed by atoms with Gasteiger partial charge in [-0.05, 0) is 43.3 Å². The molecule has 0 aliphatic carbocycles. The van der Waals surface area contributed by atoms with Gasteiger partial charge in [-0.1, -0.05) is 37.3 Å². The van der Waals surface area contributed by atoms with E-state index < -0.39 is 0 Å². The standard InChI is InChI=1S/C16H21NO/c1-4-17-12-16(2,3)18-15-10-9-13-7-5-6-8-14(13)11-15/h5-11,17H,4,12H2,1-3H3. The van der Waals surface area contributed by atoms with Crippen molar-refractivity contribution in [3.05, 3.63) is 42.5 Å². The van der Waals surface area contributed by atoms with Crippen molar-refractivity contribution in [2.45, 2.75) is 26.4 Å². The molecule has 2 nitrogen and oxygen atoms in total. The maximum atomic E-state index is 6.05. The number of ether oxygens (including phenoxy) is 1. The number of rotatable bonds is 5.